The molecule has 2 N–H and O–H groups in total. The first-order chi connectivity index (χ1) is 7.66. The molecule has 1 nitrogen and oxygen atoms in total. The second kappa shape index (κ2) is 4.53. The zero-order valence-corrected chi connectivity index (χ0v) is 9.10. The molecule has 0 amide bonds. The maximum Gasteiger partial charge on any atom is 0.147 e. The number of halogens is 2. The third-order valence-electron chi connectivity index (χ3n) is 2.05. The Kier molecular flexibility index (Phi) is 3.10. The summed E-state index contributed by atoms with van der Waals surface area (Å²) in [5.74, 6) is -0.733. The Hall–Kier alpha value is -1.55. The smallest absolute Gasteiger partial charge is 0.147 e. The van der Waals surface area contributed by atoms with Crippen LogP contribution in [0, 0.1) is 11.6 Å². The van der Waals surface area contributed by atoms with Gasteiger partial charge in [0.15, 0.2) is 0 Å². The molecule has 0 spiro atoms. The molecule has 0 radical (unpaired) electrons. The van der Waals surface area contributed by atoms with Crippen LogP contribution in [-0.4, -0.2) is 0 Å². The Labute approximate surface area is 96.3 Å². The van der Waals surface area contributed by atoms with Crippen LogP contribution in [0.4, 0.5) is 14.5 Å². The molecule has 4 heteroatoms. The van der Waals surface area contributed by atoms with E-state index in [1.807, 2.05) is 0 Å². The highest BCUT2D eigenvalue weighted by atomic mass is 32.2. The average molecular weight is 237 g/mol. The molecule has 0 aliphatic carbocycles. The Bertz CT molecular complexity index is 497. The van der Waals surface area contributed by atoms with Crippen LogP contribution in [0.15, 0.2) is 52.3 Å². The number of para-hydroxylation sites is 1. The molecule has 0 unspecified atom stereocenters. The van der Waals surface area contributed by atoms with E-state index in [2.05, 4.69) is 0 Å². The van der Waals surface area contributed by atoms with Gasteiger partial charge in [0.05, 0.1) is 5.69 Å². The number of nitrogens with two attached hydrogens (primary N) is 1. The van der Waals surface area contributed by atoms with Crippen LogP contribution in [0.2, 0.25) is 0 Å². The molecule has 0 aliphatic rings. The third kappa shape index (κ3) is 2.33. The molecule has 0 saturated carbocycles. The molecule has 2 rings (SSSR count). The molecule has 82 valence electrons. The standard InChI is InChI=1S/C12H9F2NS/c13-8-4-6-9(7-5-8)16-11-3-1-2-10(14)12(11)15/h1-7H,15H2. The monoisotopic (exact) mass is 237 g/mol. The fourth-order valence-corrected chi connectivity index (χ4v) is 2.12. The highest BCUT2D eigenvalue weighted by molar-refractivity contribution is 7.99. The van der Waals surface area contributed by atoms with Gasteiger partial charge in [-0.15, -0.1) is 0 Å². The lowest BCUT2D eigenvalue weighted by atomic mass is 10.3. The van der Waals surface area contributed by atoms with Gasteiger partial charge in [-0.2, -0.15) is 0 Å². The first-order valence-electron chi connectivity index (χ1n) is 4.64. The van der Waals surface area contributed by atoms with Crippen molar-refractivity contribution in [3.63, 3.8) is 0 Å². The second-order valence-electron chi connectivity index (χ2n) is 3.21. The summed E-state index contributed by atoms with van der Waals surface area (Å²) in [7, 11) is 0. The lowest BCUT2D eigenvalue weighted by Gasteiger charge is -2.05. The highest BCUT2D eigenvalue weighted by Gasteiger charge is 2.05. The van der Waals surface area contributed by atoms with E-state index < -0.39 is 5.82 Å². The first-order valence-corrected chi connectivity index (χ1v) is 5.46. The van der Waals surface area contributed by atoms with Crippen molar-refractivity contribution in [2.75, 3.05) is 5.73 Å². The molecule has 2 aromatic carbocycles. The molecule has 0 fully saturated rings. The van der Waals surface area contributed by atoms with Gasteiger partial charge in [-0.1, -0.05) is 17.8 Å². The lowest BCUT2D eigenvalue weighted by molar-refractivity contribution is 0.626. The van der Waals surface area contributed by atoms with Gasteiger partial charge in [0.25, 0.3) is 0 Å². The van der Waals surface area contributed by atoms with Crippen LogP contribution < -0.4 is 5.73 Å². The molecule has 0 aromatic heterocycles. The van der Waals surface area contributed by atoms with E-state index in [1.165, 1.54) is 30.0 Å². The van der Waals surface area contributed by atoms with E-state index in [1.54, 1.807) is 24.3 Å². The van der Waals surface area contributed by atoms with Crippen molar-refractivity contribution in [1.82, 2.24) is 0 Å². The number of nitrogen functional groups attached to an aromatic ring is 1. The van der Waals surface area contributed by atoms with Gasteiger partial charge in [-0.3, -0.25) is 0 Å². The predicted molar refractivity (Wildman–Crippen MR) is 61.3 cm³/mol. The fraction of sp³-hybridized carbons (Fsp3) is 0. The van der Waals surface area contributed by atoms with Gasteiger partial charge in [0.1, 0.15) is 11.6 Å². The minimum atomic E-state index is -0.438. The van der Waals surface area contributed by atoms with Crippen molar-refractivity contribution < 1.29 is 8.78 Å². The Balaban J connectivity index is 2.27. The minimum Gasteiger partial charge on any atom is -0.395 e. The molecular weight excluding hydrogens is 228 g/mol. The third-order valence-corrected chi connectivity index (χ3v) is 3.14. The zero-order chi connectivity index (χ0) is 11.5. The van der Waals surface area contributed by atoms with E-state index >= 15 is 0 Å². The van der Waals surface area contributed by atoms with E-state index in [9.17, 15) is 8.78 Å². The van der Waals surface area contributed by atoms with Crippen molar-refractivity contribution in [3.05, 3.63) is 54.1 Å². The number of hydrogen-bond donors (Lipinski definition) is 1. The van der Waals surface area contributed by atoms with E-state index in [0.717, 1.165) is 4.90 Å². The van der Waals surface area contributed by atoms with Gasteiger partial charge in [-0.05, 0) is 36.4 Å². The van der Waals surface area contributed by atoms with Gasteiger partial charge < -0.3 is 5.73 Å². The van der Waals surface area contributed by atoms with Crippen LogP contribution in [-0.2, 0) is 0 Å². The molecular formula is C12H9F2NS. The van der Waals surface area contributed by atoms with Crippen molar-refractivity contribution in [3.8, 4) is 0 Å². The second-order valence-corrected chi connectivity index (χ2v) is 4.32. The quantitative estimate of drug-likeness (QED) is 0.806. The van der Waals surface area contributed by atoms with Gasteiger partial charge in [0.2, 0.25) is 0 Å². The number of anilines is 1. The normalized spacial score (nSPS) is 10.4. The summed E-state index contributed by atoms with van der Waals surface area (Å²) < 4.78 is 25.8. The van der Waals surface area contributed by atoms with Crippen molar-refractivity contribution in [2.45, 2.75) is 9.79 Å². The van der Waals surface area contributed by atoms with Crippen LogP contribution in [0.25, 0.3) is 0 Å². The number of benzene rings is 2. The average Bonchev–Trinajstić information content (AvgIpc) is 2.28. The molecule has 0 aliphatic heterocycles. The molecule has 0 saturated heterocycles. The molecule has 0 heterocycles. The Morgan fingerprint density at radius 3 is 2.31 bits per heavy atom. The first kappa shape index (κ1) is 11.0. The fourth-order valence-electron chi connectivity index (χ4n) is 1.24. The summed E-state index contributed by atoms with van der Waals surface area (Å²) in [6.45, 7) is 0. The van der Waals surface area contributed by atoms with Crippen LogP contribution >= 0.6 is 11.8 Å². The highest BCUT2D eigenvalue weighted by Crippen LogP contribution is 2.33. The summed E-state index contributed by atoms with van der Waals surface area (Å²) in [5.41, 5.74) is 5.71. The van der Waals surface area contributed by atoms with E-state index in [0.29, 0.717) is 4.90 Å². The summed E-state index contributed by atoms with van der Waals surface area (Å²) in [5, 5.41) is 0. The van der Waals surface area contributed by atoms with Crippen LogP contribution in [0.3, 0.4) is 0 Å². The van der Waals surface area contributed by atoms with Crippen LogP contribution in [0.5, 0.6) is 0 Å². The Morgan fingerprint density at radius 2 is 1.62 bits per heavy atom. The Morgan fingerprint density at radius 1 is 0.938 bits per heavy atom. The number of hydrogen-bond acceptors (Lipinski definition) is 2. The zero-order valence-electron chi connectivity index (χ0n) is 8.28. The maximum absolute atomic E-state index is 13.1. The van der Waals surface area contributed by atoms with Gasteiger partial charge in [0, 0.05) is 9.79 Å². The summed E-state index contributed by atoms with van der Waals surface area (Å²) >= 11 is 1.31. The van der Waals surface area contributed by atoms with Crippen LogP contribution in [0.1, 0.15) is 0 Å². The van der Waals surface area contributed by atoms with Crippen molar-refractivity contribution >= 4 is 17.4 Å². The van der Waals surface area contributed by atoms with Crippen molar-refractivity contribution in [2.24, 2.45) is 0 Å². The lowest BCUT2D eigenvalue weighted by Crippen LogP contribution is -1.92. The molecule has 0 atom stereocenters. The van der Waals surface area contributed by atoms with Gasteiger partial charge >= 0.3 is 0 Å². The van der Waals surface area contributed by atoms with Gasteiger partial charge in [-0.25, -0.2) is 8.78 Å². The predicted octanol–water partition coefficient (Wildman–Crippen LogP) is 3.70. The van der Waals surface area contributed by atoms with Crippen molar-refractivity contribution in [1.29, 1.82) is 0 Å². The SMILES string of the molecule is Nc1c(F)cccc1Sc1ccc(F)cc1. The maximum atomic E-state index is 13.1. The topological polar surface area (TPSA) is 26.0 Å². The summed E-state index contributed by atoms with van der Waals surface area (Å²) in [6, 6.07) is 10.6. The van der Waals surface area contributed by atoms with E-state index in [-0.39, 0.29) is 11.5 Å². The summed E-state index contributed by atoms with van der Waals surface area (Å²) in [6.07, 6.45) is 0. The number of rotatable bonds is 2. The minimum absolute atomic E-state index is 0.122. The molecule has 16 heavy (non-hydrogen) atoms. The summed E-state index contributed by atoms with van der Waals surface area (Å²) in [4.78, 5) is 1.45. The molecule has 0 bridgehead atoms. The van der Waals surface area contributed by atoms with E-state index in [4.69, 9.17) is 5.73 Å². The largest absolute Gasteiger partial charge is 0.395 e. The molecule has 2 aromatic rings.